The summed E-state index contributed by atoms with van der Waals surface area (Å²) in [5.74, 6) is -1.33. The Hall–Kier alpha value is -2.14. The summed E-state index contributed by atoms with van der Waals surface area (Å²) >= 11 is 3.31. The van der Waals surface area contributed by atoms with Gasteiger partial charge in [-0.25, -0.2) is 0 Å². The molecule has 0 aliphatic rings. The van der Waals surface area contributed by atoms with Gasteiger partial charge in [-0.1, -0.05) is 45.8 Å². The molecular weight excluding hydrogens is 332 g/mol. The molecular formula is C16H15BrN2O2. The Morgan fingerprint density at radius 1 is 1.05 bits per heavy atom. The zero-order chi connectivity index (χ0) is 15.2. The Bertz CT molecular complexity index is 654. The lowest BCUT2D eigenvalue weighted by atomic mass is 10.1. The highest BCUT2D eigenvalue weighted by atomic mass is 79.9. The lowest BCUT2D eigenvalue weighted by Crippen LogP contribution is -2.34. The normalized spacial score (nSPS) is 10.0. The first-order valence-corrected chi connectivity index (χ1v) is 7.24. The van der Waals surface area contributed by atoms with Gasteiger partial charge in [0.05, 0.1) is 0 Å². The van der Waals surface area contributed by atoms with Crippen LogP contribution in [0.5, 0.6) is 0 Å². The molecule has 0 aromatic heterocycles. The first-order valence-electron chi connectivity index (χ1n) is 6.45. The number of amides is 2. The largest absolute Gasteiger partial charge is 0.344 e. The predicted octanol–water partition coefficient (Wildman–Crippen LogP) is 3.01. The molecule has 0 saturated heterocycles. The molecule has 21 heavy (non-hydrogen) atoms. The van der Waals surface area contributed by atoms with Crippen LogP contribution in [0.1, 0.15) is 11.1 Å². The average molecular weight is 347 g/mol. The van der Waals surface area contributed by atoms with Crippen LogP contribution in [0.3, 0.4) is 0 Å². The summed E-state index contributed by atoms with van der Waals surface area (Å²) in [6, 6.07) is 14.8. The van der Waals surface area contributed by atoms with E-state index >= 15 is 0 Å². The van der Waals surface area contributed by atoms with Crippen LogP contribution in [-0.2, 0) is 16.1 Å². The van der Waals surface area contributed by atoms with E-state index in [4.69, 9.17) is 0 Å². The number of nitrogens with one attached hydrogen (secondary N) is 2. The number of aryl methyl sites for hydroxylation is 1. The van der Waals surface area contributed by atoms with Gasteiger partial charge < -0.3 is 10.6 Å². The zero-order valence-corrected chi connectivity index (χ0v) is 13.1. The topological polar surface area (TPSA) is 58.2 Å². The highest BCUT2D eigenvalue weighted by Crippen LogP contribution is 2.13. The van der Waals surface area contributed by atoms with Crippen molar-refractivity contribution in [2.24, 2.45) is 0 Å². The predicted molar refractivity (Wildman–Crippen MR) is 85.8 cm³/mol. The first kappa shape index (κ1) is 15.3. The van der Waals surface area contributed by atoms with Crippen LogP contribution < -0.4 is 10.6 Å². The van der Waals surface area contributed by atoms with Gasteiger partial charge in [0.2, 0.25) is 0 Å². The van der Waals surface area contributed by atoms with Crippen molar-refractivity contribution in [2.75, 3.05) is 5.32 Å². The second-order valence-corrected chi connectivity index (χ2v) is 5.55. The third kappa shape index (κ3) is 4.72. The number of benzene rings is 2. The Morgan fingerprint density at radius 3 is 2.43 bits per heavy atom. The number of carbonyl (C=O) groups is 2. The van der Waals surface area contributed by atoms with Gasteiger partial charge in [0.25, 0.3) is 0 Å². The fourth-order valence-electron chi connectivity index (χ4n) is 1.81. The summed E-state index contributed by atoms with van der Waals surface area (Å²) < 4.78 is 0.907. The summed E-state index contributed by atoms with van der Waals surface area (Å²) in [6.45, 7) is 2.31. The molecule has 4 nitrogen and oxygen atoms in total. The van der Waals surface area contributed by atoms with Crippen molar-refractivity contribution in [2.45, 2.75) is 13.5 Å². The van der Waals surface area contributed by atoms with Crippen LogP contribution in [0.25, 0.3) is 0 Å². The highest BCUT2D eigenvalue weighted by molar-refractivity contribution is 9.10. The van der Waals surface area contributed by atoms with Crippen molar-refractivity contribution in [1.29, 1.82) is 0 Å². The number of anilines is 1. The van der Waals surface area contributed by atoms with Crippen LogP contribution in [0.4, 0.5) is 5.69 Å². The van der Waals surface area contributed by atoms with Crippen LogP contribution in [0.15, 0.2) is 53.0 Å². The molecule has 0 heterocycles. The second-order valence-electron chi connectivity index (χ2n) is 4.63. The quantitative estimate of drug-likeness (QED) is 0.839. The van der Waals surface area contributed by atoms with E-state index in [1.807, 2.05) is 31.2 Å². The molecule has 0 aliphatic heterocycles. The molecule has 2 amide bonds. The summed E-state index contributed by atoms with van der Waals surface area (Å²) in [5.41, 5.74) is 2.65. The van der Waals surface area contributed by atoms with E-state index in [1.165, 1.54) is 0 Å². The molecule has 0 radical (unpaired) electrons. The first-order chi connectivity index (χ1) is 10.0. The van der Waals surface area contributed by atoms with Crippen LogP contribution in [0, 0.1) is 6.92 Å². The van der Waals surface area contributed by atoms with Crippen molar-refractivity contribution in [1.82, 2.24) is 5.32 Å². The van der Waals surface area contributed by atoms with Crippen molar-refractivity contribution < 1.29 is 9.59 Å². The molecule has 2 aromatic rings. The maximum atomic E-state index is 11.8. The molecule has 0 saturated carbocycles. The average Bonchev–Trinajstić information content (AvgIpc) is 2.47. The maximum absolute atomic E-state index is 11.8. The summed E-state index contributed by atoms with van der Waals surface area (Å²) in [7, 11) is 0. The molecule has 0 bridgehead atoms. The SMILES string of the molecule is Cc1cccc(CNC(=O)C(=O)Nc2ccc(Br)cc2)c1. The van der Waals surface area contributed by atoms with Gasteiger partial charge in [0.1, 0.15) is 0 Å². The molecule has 0 unspecified atom stereocenters. The van der Waals surface area contributed by atoms with Crippen LogP contribution in [-0.4, -0.2) is 11.8 Å². The number of carbonyl (C=O) groups excluding carboxylic acids is 2. The molecule has 2 rings (SSSR count). The van der Waals surface area contributed by atoms with Crippen molar-refractivity contribution in [3.63, 3.8) is 0 Å². The summed E-state index contributed by atoms with van der Waals surface area (Å²) in [6.07, 6.45) is 0. The standard InChI is InChI=1S/C16H15BrN2O2/c1-11-3-2-4-12(9-11)10-18-15(20)16(21)19-14-7-5-13(17)6-8-14/h2-9H,10H2,1H3,(H,18,20)(H,19,21). The highest BCUT2D eigenvalue weighted by Gasteiger charge is 2.13. The lowest BCUT2D eigenvalue weighted by Gasteiger charge is -2.07. The maximum Gasteiger partial charge on any atom is 0.313 e. The van der Waals surface area contributed by atoms with E-state index in [0.29, 0.717) is 12.2 Å². The van der Waals surface area contributed by atoms with E-state index in [1.54, 1.807) is 24.3 Å². The van der Waals surface area contributed by atoms with Crippen molar-refractivity contribution in [3.05, 3.63) is 64.1 Å². The van der Waals surface area contributed by atoms with Crippen molar-refractivity contribution >= 4 is 33.4 Å². The van der Waals surface area contributed by atoms with Gasteiger partial charge >= 0.3 is 11.8 Å². The Balaban J connectivity index is 1.88. The van der Waals surface area contributed by atoms with Gasteiger partial charge in [-0.05, 0) is 36.8 Å². The summed E-state index contributed by atoms with van der Waals surface area (Å²) in [5, 5.41) is 5.14. The molecule has 2 aromatic carbocycles. The van der Waals surface area contributed by atoms with Crippen LogP contribution >= 0.6 is 15.9 Å². The fraction of sp³-hybridized carbons (Fsp3) is 0.125. The van der Waals surface area contributed by atoms with Gasteiger partial charge in [-0.2, -0.15) is 0 Å². The number of halogens is 1. The van der Waals surface area contributed by atoms with E-state index in [0.717, 1.165) is 15.6 Å². The lowest BCUT2D eigenvalue weighted by molar-refractivity contribution is -0.136. The van der Waals surface area contributed by atoms with E-state index in [-0.39, 0.29) is 0 Å². The molecule has 0 fully saturated rings. The smallest absolute Gasteiger partial charge is 0.313 e. The minimum absolute atomic E-state index is 0.328. The number of rotatable bonds is 3. The third-order valence-electron chi connectivity index (χ3n) is 2.84. The fourth-order valence-corrected chi connectivity index (χ4v) is 2.07. The molecule has 0 spiro atoms. The minimum atomic E-state index is -0.676. The van der Waals surface area contributed by atoms with Gasteiger partial charge in [0.15, 0.2) is 0 Å². The van der Waals surface area contributed by atoms with Gasteiger partial charge in [0, 0.05) is 16.7 Å². The second kappa shape index (κ2) is 7.04. The zero-order valence-electron chi connectivity index (χ0n) is 11.5. The molecule has 5 heteroatoms. The monoisotopic (exact) mass is 346 g/mol. The summed E-state index contributed by atoms with van der Waals surface area (Å²) in [4.78, 5) is 23.5. The van der Waals surface area contributed by atoms with Gasteiger partial charge in [-0.15, -0.1) is 0 Å². The Kier molecular flexibility index (Phi) is 5.11. The van der Waals surface area contributed by atoms with E-state index in [9.17, 15) is 9.59 Å². The molecule has 108 valence electrons. The van der Waals surface area contributed by atoms with Crippen LogP contribution in [0.2, 0.25) is 0 Å². The molecule has 2 N–H and O–H groups in total. The van der Waals surface area contributed by atoms with E-state index < -0.39 is 11.8 Å². The molecule has 0 atom stereocenters. The minimum Gasteiger partial charge on any atom is -0.344 e. The Morgan fingerprint density at radius 2 is 1.76 bits per heavy atom. The number of hydrogen-bond donors (Lipinski definition) is 2. The van der Waals surface area contributed by atoms with E-state index in [2.05, 4.69) is 26.6 Å². The number of hydrogen-bond acceptors (Lipinski definition) is 2. The molecule has 0 aliphatic carbocycles. The Labute approximate surface area is 131 Å². The van der Waals surface area contributed by atoms with Crippen molar-refractivity contribution in [3.8, 4) is 0 Å². The van der Waals surface area contributed by atoms with Gasteiger partial charge in [-0.3, -0.25) is 9.59 Å². The third-order valence-corrected chi connectivity index (χ3v) is 3.37.